The molecule has 0 aliphatic carbocycles. The van der Waals surface area contributed by atoms with Gasteiger partial charge in [-0.15, -0.1) is 11.3 Å². The molecule has 2 N–H and O–H groups in total. The van der Waals surface area contributed by atoms with Crippen LogP contribution in [-0.4, -0.2) is 11.1 Å². The molecule has 3 nitrogen and oxygen atoms in total. The second-order valence-electron chi connectivity index (χ2n) is 4.72. The summed E-state index contributed by atoms with van der Waals surface area (Å²) in [6.07, 6.45) is 2.11. The SMILES string of the molecule is CCC(C)Oc1cccc(Cc2sc(N)nc2C)c1. The van der Waals surface area contributed by atoms with E-state index in [0.29, 0.717) is 5.13 Å². The molecular formula is C15H20N2OS. The van der Waals surface area contributed by atoms with Gasteiger partial charge in [-0.05, 0) is 38.0 Å². The van der Waals surface area contributed by atoms with Gasteiger partial charge in [-0.3, -0.25) is 0 Å². The van der Waals surface area contributed by atoms with Crippen LogP contribution < -0.4 is 10.5 Å². The van der Waals surface area contributed by atoms with Crippen molar-refractivity contribution in [2.75, 3.05) is 5.73 Å². The fourth-order valence-corrected chi connectivity index (χ4v) is 2.71. The summed E-state index contributed by atoms with van der Waals surface area (Å²) in [4.78, 5) is 5.48. The minimum atomic E-state index is 0.246. The molecule has 0 spiro atoms. The molecule has 0 radical (unpaired) electrons. The van der Waals surface area contributed by atoms with Crippen molar-refractivity contribution in [3.8, 4) is 5.75 Å². The molecule has 0 fully saturated rings. The van der Waals surface area contributed by atoms with Crippen LogP contribution in [0.15, 0.2) is 24.3 Å². The second-order valence-corrected chi connectivity index (χ2v) is 5.84. The van der Waals surface area contributed by atoms with E-state index < -0.39 is 0 Å². The Labute approximate surface area is 118 Å². The van der Waals surface area contributed by atoms with Gasteiger partial charge in [0, 0.05) is 11.3 Å². The molecule has 0 aliphatic rings. The molecule has 102 valence electrons. The van der Waals surface area contributed by atoms with Crippen LogP contribution in [0.2, 0.25) is 0 Å². The van der Waals surface area contributed by atoms with E-state index in [0.717, 1.165) is 24.3 Å². The lowest BCUT2D eigenvalue weighted by atomic mass is 10.1. The molecule has 2 rings (SSSR count). The van der Waals surface area contributed by atoms with E-state index in [1.54, 1.807) is 11.3 Å². The third kappa shape index (κ3) is 3.70. The molecule has 1 unspecified atom stereocenters. The summed E-state index contributed by atoms with van der Waals surface area (Å²) >= 11 is 1.56. The average Bonchev–Trinajstić information content (AvgIpc) is 2.68. The van der Waals surface area contributed by atoms with Crippen LogP contribution in [0.4, 0.5) is 5.13 Å². The molecule has 1 heterocycles. The summed E-state index contributed by atoms with van der Waals surface area (Å²) in [7, 11) is 0. The molecular weight excluding hydrogens is 256 g/mol. The van der Waals surface area contributed by atoms with Gasteiger partial charge in [0.25, 0.3) is 0 Å². The first-order valence-electron chi connectivity index (χ1n) is 6.56. The Balaban J connectivity index is 2.13. The zero-order chi connectivity index (χ0) is 13.8. The van der Waals surface area contributed by atoms with Crippen molar-refractivity contribution in [2.24, 2.45) is 0 Å². The number of benzene rings is 1. The van der Waals surface area contributed by atoms with Gasteiger partial charge in [-0.25, -0.2) is 4.98 Å². The number of aryl methyl sites for hydroxylation is 1. The average molecular weight is 276 g/mol. The number of hydrogen-bond acceptors (Lipinski definition) is 4. The van der Waals surface area contributed by atoms with Crippen molar-refractivity contribution in [2.45, 2.75) is 39.7 Å². The van der Waals surface area contributed by atoms with Gasteiger partial charge in [0.05, 0.1) is 11.8 Å². The summed E-state index contributed by atoms with van der Waals surface area (Å²) in [6.45, 7) is 6.21. The number of rotatable bonds is 5. The monoisotopic (exact) mass is 276 g/mol. The van der Waals surface area contributed by atoms with Crippen LogP contribution in [0.3, 0.4) is 0 Å². The summed E-state index contributed by atoms with van der Waals surface area (Å²) in [6, 6.07) is 8.25. The Morgan fingerprint density at radius 2 is 2.21 bits per heavy atom. The molecule has 0 saturated carbocycles. The molecule has 0 aliphatic heterocycles. The normalized spacial score (nSPS) is 12.4. The minimum absolute atomic E-state index is 0.246. The lowest BCUT2D eigenvalue weighted by Crippen LogP contribution is -2.09. The van der Waals surface area contributed by atoms with Crippen molar-refractivity contribution in [1.29, 1.82) is 0 Å². The first-order valence-corrected chi connectivity index (χ1v) is 7.37. The third-order valence-corrected chi connectivity index (χ3v) is 4.07. The van der Waals surface area contributed by atoms with Gasteiger partial charge in [-0.2, -0.15) is 0 Å². The van der Waals surface area contributed by atoms with E-state index in [4.69, 9.17) is 10.5 Å². The number of nitrogens with zero attached hydrogens (tertiary/aromatic N) is 1. The summed E-state index contributed by atoms with van der Waals surface area (Å²) in [5.41, 5.74) is 7.98. The Bertz CT molecular complexity index is 551. The van der Waals surface area contributed by atoms with E-state index in [2.05, 4.69) is 31.0 Å². The standard InChI is InChI=1S/C15H20N2OS/c1-4-10(2)18-13-7-5-6-12(8-13)9-14-11(3)17-15(16)19-14/h5-8,10H,4,9H2,1-3H3,(H2,16,17). The van der Waals surface area contributed by atoms with E-state index >= 15 is 0 Å². The Morgan fingerprint density at radius 3 is 2.84 bits per heavy atom. The number of thiazole rings is 1. The number of nitrogens with two attached hydrogens (primary N) is 1. The largest absolute Gasteiger partial charge is 0.491 e. The molecule has 0 amide bonds. The van der Waals surface area contributed by atoms with Crippen molar-refractivity contribution < 1.29 is 4.74 Å². The van der Waals surface area contributed by atoms with Crippen molar-refractivity contribution >= 4 is 16.5 Å². The predicted molar refractivity (Wildman–Crippen MR) is 80.9 cm³/mol. The van der Waals surface area contributed by atoms with Gasteiger partial charge >= 0.3 is 0 Å². The Kier molecular flexibility index (Phi) is 4.43. The summed E-state index contributed by atoms with van der Waals surface area (Å²) < 4.78 is 5.84. The molecule has 4 heteroatoms. The fraction of sp³-hybridized carbons (Fsp3) is 0.400. The zero-order valence-corrected chi connectivity index (χ0v) is 12.5. The van der Waals surface area contributed by atoms with Crippen LogP contribution in [-0.2, 0) is 6.42 Å². The quantitative estimate of drug-likeness (QED) is 0.903. The first kappa shape index (κ1) is 13.9. The first-order chi connectivity index (χ1) is 9.08. The maximum absolute atomic E-state index is 5.84. The number of nitrogen functional groups attached to an aromatic ring is 1. The van der Waals surface area contributed by atoms with E-state index in [1.807, 2.05) is 19.1 Å². The van der Waals surface area contributed by atoms with Gasteiger partial charge in [0.1, 0.15) is 5.75 Å². The minimum Gasteiger partial charge on any atom is -0.491 e. The van der Waals surface area contributed by atoms with Crippen molar-refractivity contribution in [3.63, 3.8) is 0 Å². The van der Waals surface area contributed by atoms with Crippen LogP contribution in [0.1, 0.15) is 36.4 Å². The Morgan fingerprint density at radius 1 is 1.42 bits per heavy atom. The van der Waals surface area contributed by atoms with Crippen molar-refractivity contribution in [1.82, 2.24) is 4.98 Å². The van der Waals surface area contributed by atoms with Crippen LogP contribution in [0, 0.1) is 6.92 Å². The number of ether oxygens (including phenoxy) is 1. The van der Waals surface area contributed by atoms with Crippen molar-refractivity contribution in [3.05, 3.63) is 40.4 Å². The molecule has 1 aromatic carbocycles. The third-order valence-electron chi connectivity index (χ3n) is 3.08. The van der Waals surface area contributed by atoms with E-state index in [1.165, 1.54) is 10.4 Å². The van der Waals surface area contributed by atoms with Gasteiger partial charge < -0.3 is 10.5 Å². The highest BCUT2D eigenvalue weighted by molar-refractivity contribution is 7.15. The molecule has 2 aromatic rings. The highest BCUT2D eigenvalue weighted by atomic mass is 32.1. The zero-order valence-electron chi connectivity index (χ0n) is 11.6. The van der Waals surface area contributed by atoms with Gasteiger partial charge in [-0.1, -0.05) is 19.1 Å². The maximum Gasteiger partial charge on any atom is 0.180 e. The highest BCUT2D eigenvalue weighted by Crippen LogP contribution is 2.24. The highest BCUT2D eigenvalue weighted by Gasteiger charge is 2.07. The topological polar surface area (TPSA) is 48.1 Å². The number of hydrogen-bond donors (Lipinski definition) is 1. The molecule has 19 heavy (non-hydrogen) atoms. The van der Waals surface area contributed by atoms with Crippen LogP contribution in [0.5, 0.6) is 5.75 Å². The molecule has 1 aromatic heterocycles. The lowest BCUT2D eigenvalue weighted by molar-refractivity contribution is 0.217. The fourth-order valence-electron chi connectivity index (χ4n) is 1.84. The van der Waals surface area contributed by atoms with Crippen LogP contribution >= 0.6 is 11.3 Å². The lowest BCUT2D eigenvalue weighted by Gasteiger charge is -2.13. The predicted octanol–water partition coefficient (Wildman–Crippen LogP) is 3.80. The van der Waals surface area contributed by atoms with E-state index in [9.17, 15) is 0 Å². The van der Waals surface area contributed by atoms with Gasteiger partial charge in [0.15, 0.2) is 5.13 Å². The number of aromatic nitrogens is 1. The maximum atomic E-state index is 5.84. The molecule has 0 bridgehead atoms. The molecule has 1 atom stereocenters. The smallest absolute Gasteiger partial charge is 0.180 e. The van der Waals surface area contributed by atoms with E-state index in [-0.39, 0.29) is 6.10 Å². The van der Waals surface area contributed by atoms with Gasteiger partial charge in [0.2, 0.25) is 0 Å². The molecule has 0 saturated heterocycles. The summed E-state index contributed by atoms with van der Waals surface area (Å²) in [5, 5.41) is 0.638. The summed E-state index contributed by atoms with van der Waals surface area (Å²) in [5.74, 6) is 0.932. The Hall–Kier alpha value is -1.55. The van der Waals surface area contributed by atoms with Crippen LogP contribution in [0.25, 0.3) is 0 Å². The second kappa shape index (κ2) is 6.06. The number of anilines is 1.